The molecule has 0 spiro atoms. The summed E-state index contributed by atoms with van der Waals surface area (Å²) in [7, 11) is 0. The highest BCUT2D eigenvalue weighted by atomic mass is 32.2. The zero-order chi connectivity index (χ0) is 19.1. The monoisotopic (exact) mass is 408 g/mol. The Labute approximate surface area is 169 Å². The Morgan fingerprint density at radius 2 is 1.86 bits per heavy atom. The maximum Gasteiger partial charge on any atom is 0.267 e. The number of fused-ring (bicyclic) bond motifs is 3. The molecule has 1 aliphatic rings. The molecule has 28 heavy (non-hydrogen) atoms. The number of benzene rings is 2. The van der Waals surface area contributed by atoms with Gasteiger partial charge in [0.15, 0.2) is 5.16 Å². The number of aryl methyl sites for hydroxylation is 2. The van der Waals surface area contributed by atoms with E-state index in [9.17, 15) is 9.18 Å². The Kier molecular flexibility index (Phi) is 4.53. The third kappa shape index (κ3) is 2.97. The minimum Gasteiger partial charge on any atom is -0.268 e. The molecule has 0 saturated carbocycles. The molecular formula is C22H17FN2OS2. The Morgan fingerprint density at radius 3 is 2.68 bits per heavy atom. The van der Waals surface area contributed by atoms with Crippen molar-refractivity contribution in [2.45, 2.75) is 30.2 Å². The number of para-hydroxylation sites is 1. The average molecular weight is 409 g/mol. The summed E-state index contributed by atoms with van der Waals surface area (Å²) >= 11 is 3.03. The van der Waals surface area contributed by atoms with Crippen LogP contribution >= 0.6 is 23.1 Å². The molecule has 6 heteroatoms. The van der Waals surface area contributed by atoms with Gasteiger partial charge in [-0.1, -0.05) is 48.2 Å². The molecule has 2 aromatic carbocycles. The lowest BCUT2D eigenvalue weighted by Crippen LogP contribution is -2.21. The maximum absolute atomic E-state index is 14.1. The first kappa shape index (κ1) is 17.6. The van der Waals surface area contributed by atoms with Gasteiger partial charge in [-0.2, -0.15) is 0 Å². The normalized spacial score (nSPS) is 13.2. The zero-order valence-electron chi connectivity index (χ0n) is 15.0. The second kappa shape index (κ2) is 7.18. The van der Waals surface area contributed by atoms with Crippen molar-refractivity contribution in [1.29, 1.82) is 0 Å². The number of nitrogens with zero attached hydrogens (tertiary/aromatic N) is 2. The molecule has 0 fully saturated rings. The first-order valence-electron chi connectivity index (χ1n) is 9.21. The van der Waals surface area contributed by atoms with Gasteiger partial charge < -0.3 is 0 Å². The van der Waals surface area contributed by atoms with Crippen LogP contribution in [-0.4, -0.2) is 9.55 Å². The van der Waals surface area contributed by atoms with Crippen molar-refractivity contribution in [3.05, 3.63) is 86.8 Å². The average Bonchev–Trinajstić information content (AvgIpc) is 3.29. The molecule has 0 radical (unpaired) electrons. The van der Waals surface area contributed by atoms with Gasteiger partial charge in [-0.3, -0.25) is 9.36 Å². The molecular weight excluding hydrogens is 391 g/mol. The van der Waals surface area contributed by atoms with E-state index in [1.807, 2.05) is 36.4 Å². The van der Waals surface area contributed by atoms with Gasteiger partial charge in [-0.15, -0.1) is 11.3 Å². The Balaban J connectivity index is 1.67. The summed E-state index contributed by atoms with van der Waals surface area (Å²) in [5.74, 6) is 0.183. The molecule has 0 saturated heterocycles. The van der Waals surface area contributed by atoms with Crippen molar-refractivity contribution in [3.63, 3.8) is 0 Å². The molecule has 0 bridgehead atoms. The van der Waals surface area contributed by atoms with E-state index in [0.29, 0.717) is 16.5 Å². The van der Waals surface area contributed by atoms with Crippen LogP contribution in [0.1, 0.15) is 22.4 Å². The summed E-state index contributed by atoms with van der Waals surface area (Å²) in [6.45, 7) is 0. The molecule has 3 nitrogen and oxygen atoms in total. The summed E-state index contributed by atoms with van der Waals surface area (Å²) < 4.78 is 15.7. The van der Waals surface area contributed by atoms with E-state index in [-0.39, 0.29) is 11.4 Å². The standard InChI is InChI=1S/C22H17FN2OS2/c23-17-11-5-4-7-14(17)13-27-22-24-20-19(16-10-6-12-18(16)28-20)21(26)25(22)15-8-2-1-3-9-15/h1-5,7-9,11H,6,10,12-13H2. The van der Waals surface area contributed by atoms with Crippen molar-refractivity contribution in [2.24, 2.45) is 0 Å². The Bertz CT molecular complexity index is 1230. The SMILES string of the molecule is O=c1c2c3c(sc2nc(SCc2ccccc2F)n1-c1ccccc1)CCC3. The van der Waals surface area contributed by atoms with E-state index in [4.69, 9.17) is 4.98 Å². The highest BCUT2D eigenvalue weighted by Gasteiger charge is 2.24. The number of thiophene rings is 1. The van der Waals surface area contributed by atoms with Gasteiger partial charge in [0.25, 0.3) is 5.56 Å². The molecule has 0 amide bonds. The van der Waals surface area contributed by atoms with Gasteiger partial charge in [0, 0.05) is 10.6 Å². The highest BCUT2D eigenvalue weighted by Crippen LogP contribution is 2.36. The number of thioether (sulfide) groups is 1. The van der Waals surface area contributed by atoms with Crippen LogP contribution in [0.15, 0.2) is 64.5 Å². The van der Waals surface area contributed by atoms with Crippen molar-refractivity contribution < 1.29 is 4.39 Å². The van der Waals surface area contributed by atoms with E-state index in [2.05, 4.69) is 0 Å². The second-order valence-corrected chi connectivity index (χ2v) is 8.81. The Morgan fingerprint density at radius 1 is 1.07 bits per heavy atom. The molecule has 0 atom stereocenters. The van der Waals surface area contributed by atoms with E-state index >= 15 is 0 Å². The Hall–Kier alpha value is -2.44. The number of halogens is 1. The molecule has 2 heterocycles. The van der Waals surface area contributed by atoms with Gasteiger partial charge in [0.2, 0.25) is 0 Å². The molecule has 0 aliphatic heterocycles. The van der Waals surface area contributed by atoms with Crippen molar-refractivity contribution >= 4 is 33.3 Å². The van der Waals surface area contributed by atoms with Gasteiger partial charge in [-0.05, 0) is 48.6 Å². The third-order valence-electron chi connectivity index (χ3n) is 5.04. The number of hydrogen-bond donors (Lipinski definition) is 0. The van der Waals surface area contributed by atoms with Crippen LogP contribution in [0, 0.1) is 5.82 Å². The maximum atomic E-state index is 14.1. The molecule has 5 rings (SSSR count). The van der Waals surface area contributed by atoms with Gasteiger partial charge in [0.05, 0.1) is 11.1 Å². The lowest BCUT2D eigenvalue weighted by Gasteiger charge is -2.12. The van der Waals surface area contributed by atoms with Gasteiger partial charge in [0.1, 0.15) is 10.6 Å². The number of hydrogen-bond acceptors (Lipinski definition) is 4. The molecule has 0 N–H and O–H groups in total. The smallest absolute Gasteiger partial charge is 0.267 e. The van der Waals surface area contributed by atoms with Crippen molar-refractivity contribution in [2.75, 3.05) is 0 Å². The molecule has 140 valence electrons. The lowest BCUT2D eigenvalue weighted by atomic mass is 10.2. The highest BCUT2D eigenvalue weighted by molar-refractivity contribution is 7.98. The van der Waals surface area contributed by atoms with Gasteiger partial charge >= 0.3 is 0 Å². The summed E-state index contributed by atoms with van der Waals surface area (Å²) in [6.07, 6.45) is 3.08. The fraction of sp³-hybridized carbons (Fsp3) is 0.182. The van der Waals surface area contributed by atoms with E-state index < -0.39 is 0 Å². The minimum atomic E-state index is -0.236. The molecule has 0 unspecified atom stereocenters. The van der Waals surface area contributed by atoms with E-state index in [1.54, 1.807) is 28.0 Å². The van der Waals surface area contributed by atoms with Crippen LogP contribution in [0.5, 0.6) is 0 Å². The predicted octanol–water partition coefficient (Wildman–Crippen LogP) is 5.37. The minimum absolute atomic E-state index is 0.0216. The second-order valence-electron chi connectivity index (χ2n) is 6.79. The predicted molar refractivity (Wildman–Crippen MR) is 113 cm³/mol. The van der Waals surface area contributed by atoms with E-state index in [1.165, 1.54) is 28.3 Å². The first-order chi connectivity index (χ1) is 13.7. The number of aromatic nitrogens is 2. The summed E-state index contributed by atoms with van der Waals surface area (Å²) in [4.78, 5) is 20.4. The fourth-order valence-corrected chi connectivity index (χ4v) is 5.99. The number of rotatable bonds is 4. The van der Waals surface area contributed by atoms with Crippen LogP contribution in [0.25, 0.3) is 15.9 Å². The first-order valence-corrected chi connectivity index (χ1v) is 11.0. The summed E-state index contributed by atoms with van der Waals surface area (Å²) in [6, 6.07) is 16.3. The van der Waals surface area contributed by atoms with Crippen molar-refractivity contribution in [1.82, 2.24) is 9.55 Å². The fourth-order valence-electron chi connectivity index (χ4n) is 3.68. The molecule has 2 aromatic heterocycles. The lowest BCUT2D eigenvalue weighted by molar-refractivity contribution is 0.617. The largest absolute Gasteiger partial charge is 0.268 e. The quantitative estimate of drug-likeness (QED) is 0.336. The van der Waals surface area contributed by atoms with Crippen LogP contribution in [-0.2, 0) is 18.6 Å². The van der Waals surface area contributed by atoms with Crippen LogP contribution in [0.2, 0.25) is 0 Å². The van der Waals surface area contributed by atoms with Crippen LogP contribution in [0.4, 0.5) is 4.39 Å². The summed E-state index contributed by atoms with van der Waals surface area (Å²) in [5.41, 5.74) is 2.55. The molecule has 4 aromatic rings. The van der Waals surface area contributed by atoms with E-state index in [0.717, 1.165) is 35.2 Å². The van der Waals surface area contributed by atoms with Crippen molar-refractivity contribution in [3.8, 4) is 5.69 Å². The summed E-state index contributed by atoms with van der Waals surface area (Å²) in [5, 5.41) is 1.36. The zero-order valence-corrected chi connectivity index (χ0v) is 16.7. The third-order valence-corrected chi connectivity index (χ3v) is 7.21. The van der Waals surface area contributed by atoms with Crippen LogP contribution < -0.4 is 5.56 Å². The van der Waals surface area contributed by atoms with Crippen LogP contribution in [0.3, 0.4) is 0 Å². The molecule has 1 aliphatic carbocycles. The topological polar surface area (TPSA) is 34.9 Å². The van der Waals surface area contributed by atoms with Gasteiger partial charge in [-0.25, -0.2) is 9.37 Å².